The number of ether oxygens (including phenoxy) is 2. The Morgan fingerprint density at radius 1 is 0.533 bits per heavy atom. The molecule has 4 aromatic rings. The van der Waals surface area contributed by atoms with Gasteiger partial charge >= 0.3 is 0 Å². The van der Waals surface area contributed by atoms with Crippen LogP contribution in [-0.2, 0) is 0 Å². The van der Waals surface area contributed by atoms with Crippen molar-refractivity contribution in [2.24, 2.45) is 0 Å². The summed E-state index contributed by atoms with van der Waals surface area (Å²) in [5.74, 6) is 1.83. The predicted octanol–water partition coefficient (Wildman–Crippen LogP) is 6.12. The van der Waals surface area contributed by atoms with Crippen molar-refractivity contribution in [1.29, 1.82) is 0 Å². The van der Waals surface area contributed by atoms with Gasteiger partial charge in [-0.05, 0) is 47.0 Å². The summed E-state index contributed by atoms with van der Waals surface area (Å²) in [6.07, 6.45) is 0. The first-order chi connectivity index (χ1) is 14.6. The van der Waals surface area contributed by atoms with E-state index >= 15 is 0 Å². The lowest BCUT2D eigenvalue weighted by atomic mass is 9.96. The van der Waals surface area contributed by atoms with Crippen molar-refractivity contribution in [2.45, 2.75) is 0 Å². The van der Waals surface area contributed by atoms with Gasteiger partial charge in [-0.3, -0.25) is 0 Å². The molecule has 0 spiro atoms. The van der Waals surface area contributed by atoms with Gasteiger partial charge in [0.15, 0.2) is 0 Å². The number of phenolic OH excluding ortho intramolecular Hbond substituents is 2. The normalized spacial score (nSPS) is 10.6. The molecule has 4 aromatic carbocycles. The Morgan fingerprint density at radius 2 is 1.10 bits per heavy atom. The molecular formula is C26H22O4. The Kier molecular flexibility index (Phi) is 5.31. The van der Waals surface area contributed by atoms with Gasteiger partial charge in [-0.25, -0.2) is 0 Å². The van der Waals surface area contributed by atoms with E-state index in [2.05, 4.69) is 0 Å². The molecule has 30 heavy (non-hydrogen) atoms. The molecule has 2 N–H and O–H groups in total. The van der Waals surface area contributed by atoms with Gasteiger partial charge in [0.25, 0.3) is 0 Å². The summed E-state index contributed by atoms with van der Waals surface area (Å²) in [6, 6.07) is 26.1. The smallest absolute Gasteiger partial charge is 0.127 e. The maximum absolute atomic E-state index is 10.2. The Balaban J connectivity index is 1.78. The molecule has 150 valence electrons. The lowest BCUT2D eigenvalue weighted by Crippen LogP contribution is -1.92. The Morgan fingerprint density at radius 3 is 1.67 bits per heavy atom. The molecular weight excluding hydrogens is 376 g/mol. The third-order valence-corrected chi connectivity index (χ3v) is 5.09. The van der Waals surface area contributed by atoms with Gasteiger partial charge in [-0.15, -0.1) is 0 Å². The van der Waals surface area contributed by atoms with Crippen LogP contribution in [0.15, 0.2) is 84.9 Å². The van der Waals surface area contributed by atoms with Crippen LogP contribution < -0.4 is 9.47 Å². The highest BCUT2D eigenvalue weighted by molar-refractivity contribution is 5.82. The SMILES string of the molecule is COc1cc(-c2ccccc2O)ccc1-c1ccc(-c2cccc(O)c2)c(OC)c1. The van der Waals surface area contributed by atoms with E-state index in [0.29, 0.717) is 11.5 Å². The number of para-hydroxylation sites is 1. The first-order valence-electron chi connectivity index (χ1n) is 9.55. The molecule has 4 heteroatoms. The van der Waals surface area contributed by atoms with Crippen molar-refractivity contribution in [3.8, 4) is 56.4 Å². The number of benzene rings is 4. The van der Waals surface area contributed by atoms with Crippen molar-refractivity contribution >= 4 is 0 Å². The minimum absolute atomic E-state index is 0.208. The summed E-state index contributed by atoms with van der Waals surface area (Å²) in [5, 5.41) is 20.0. The van der Waals surface area contributed by atoms with E-state index in [-0.39, 0.29) is 11.5 Å². The average molecular weight is 398 g/mol. The van der Waals surface area contributed by atoms with Crippen LogP contribution in [0.4, 0.5) is 0 Å². The van der Waals surface area contributed by atoms with Gasteiger partial charge in [0, 0.05) is 16.7 Å². The van der Waals surface area contributed by atoms with Crippen molar-refractivity contribution in [3.63, 3.8) is 0 Å². The average Bonchev–Trinajstić information content (AvgIpc) is 2.78. The zero-order valence-electron chi connectivity index (χ0n) is 16.8. The number of hydrogen-bond donors (Lipinski definition) is 2. The molecule has 0 aliphatic carbocycles. The van der Waals surface area contributed by atoms with Crippen LogP contribution >= 0.6 is 0 Å². The fourth-order valence-corrected chi connectivity index (χ4v) is 3.59. The van der Waals surface area contributed by atoms with Crippen LogP contribution in [0.5, 0.6) is 23.0 Å². The molecule has 0 saturated carbocycles. The van der Waals surface area contributed by atoms with E-state index in [1.165, 1.54) is 0 Å². The van der Waals surface area contributed by atoms with Crippen LogP contribution in [0.3, 0.4) is 0 Å². The molecule has 0 aliphatic rings. The van der Waals surface area contributed by atoms with E-state index in [1.54, 1.807) is 44.6 Å². The zero-order chi connectivity index (χ0) is 21.1. The first kappa shape index (κ1) is 19.4. The van der Waals surface area contributed by atoms with Gasteiger partial charge in [0.05, 0.1) is 14.2 Å². The minimum atomic E-state index is 0.208. The van der Waals surface area contributed by atoms with E-state index < -0.39 is 0 Å². The lowest BCUT2D eigenvalue weighted by Gasteiger charge is -2.15. The summed E-state index contributed by atoms with van der Waals surface area (Å²) >= 11 is 0. The van der Waals surface area contributed by atoms with Gasteiger partial charge in [-0.1, -0.05) is 54.6 Å². The summed E-state index contributed by atoms with van der Waals surface area (Å²) < 4.78 is 11.3. The standard InChI is InChI=1S/C26H22O4/c1-29-25-15-18(21-8-3-4-9-24(21)28)10-12-23(25)19-11-13-22(26(16-19)30-2)17-6-5-7-20(27)14-17/h3-16,27-28H,1-2H3. The minimum Gasteiger partial charge on any atom is -0.508 e. The first-order valence-corrected chi connectivity index (χ1v) is 9.55. The van der Waals surface area contributed by atoms with Crippen LogP contribution in [0.2, 0.25) is 0 Å². The number of hydrogen-bond acceptors (Lipinski definition) is 4. The van der Waals surface area contributed by atoms with Crippen molar-refractivity contribution in [1.82, 2.24) is 0 Å². The second-order valence-corrected chi connectivity index (χ2v) is 6.90. The molecule has 4 nitrogen and oxygen atoms in total. The van der Waals surface area contributed by atoms with E-state index in [1.807, 2.05) is 54.6 Å². The zero-order valence-corrected chi connectivity index (χ0v) is 16.8. The number of phenols is 2. The van der Waals surface area contributed by atoms with E-state index in [4.69, 9.17) is 9.47 Å². The lowest BCUT2D eigenvalue weighted by molar-refractivity contribution is 0.414. The number of rotatable bonds is 5. The van der Waals surface area contributed by atoms with E-state index in [0.717, 1.165) is 33.4 Å². The summed E-state index contributed by atoms with van der Waals surface area (Å²) in [4.78, 5) is 0. The highest BCUT2D eigenvalue weighted by Crippen LogP contribution is 2.40. The quantitative estimate of drug-likeness (QED) is 0.425. The van der Waals surface area contributed by atoms with Gasteiger partial charge in [0.2, 0.25) is 0 Å². The molecule has 0 aromatic heterocycles. The third kappa shape index (κ3) is 3.67. The highest BCUT2D eigenvalue weighted by atomic mass is 16.5. The van der Waals surface area contributed by atoms with Gasteiger partial charge < -0.3 is 19.7 Å². The molecule has 0 bridgehead atoms. The number of methoxy groups -OCH3 is 2. The maximum Gasteiger partial charge on any atom is 0.127 e. The number of aromatic hydroxyl groups is 2. The third-order valence-electron chi connectivity index (χ3n) is 5.09. The van der Waals surface area contributed by atoms with Gasteiger partial charge in [-0.2, -0.15) is 0 Å². The topological polar surface area (TPSA) is 58.9 Å². The van der Waals surface area contributed by atoms with Crippen LogP contribution in [0.1, 0.15) is 0 Å². The summed E-state index contributed by atoms with van der Waals surface area (Å²) in [5.41, 5.74) is 5.24. The molecule has 0 aliphatic heterocycles. The summed E-state index contributed by atoms with van der Waals surface area (Å²) in [7, 11) is 3.26. The molecule has 0 radical (unpaired) electrons. The fourth-order valence-electron chi connectivity index (χ4n) is 3.59. The fraction of sp³-hybridized carbons (Fsp3) is 0.0769. The van der Waals surface area contributed by atoms with Crippen molar-refractivity contribution < 1.29 is 19.7 Å². The largest absolute Gasteiger partial charge is 0.508 e. The molecule has 0 saturated heterocycles. The Bertz CT molecular complexity index is 1200. The second-order valence-electron chi connectivity index (χ2n) is 6.90. The highest BCUT2D eigenvalue weighted by Gasteiger charge is 2.13. The Labute approximate surface area is 175 Å². The van der Waals surface area contributed by atoms with Crippen LogP contribution in [0.25, 0.3) is 33.4 Å². The second kappa shape index (κ2) is 8.21. The van der Waals surface area contributed by atoms with Crippen molar-refractivity contribution in [2.75, 3.05) is 14.2 Å². The maximum atomic E-state index is 10.2. The monoisotopic (exact) mass is 398 g/mol. The Hall–Kier alpha value is -3.92. The molecule has 0 unspecified atom stereocenters. The molecule has 4 rings (SSSR count). The van der Waals surface area contributed by atoms with E-state index in [9.17, 15) is 10.2 Å². The molecule has 0 amide bonds. The molecule has 0 heterocycles. The predicted molar refractivity (Wildman–Crippen MR) is 119 cm³/mol. The summed E-state index contributed by atoms with van der Waals surface area (Å²) in [6.45, 7) is 0. The van der Waals surface area contributed by atoms with Crippen LogP contribution in [-0.4, -0.2) is 24.4 Å². The van der Waals surface area contributed by atoms with Crippen molar-refractivity contribution in [3.05, 3.63) is 84.9 Å². The molecule has 0 atom stereocenters. The van der Waals surface area contributed by atoms with Gasteiger partial charge in [0.1, 0.15) is 23.0 Å². The van der Waals surface area contributed by atoms with Crippen LogP contribution in [0, 0.1) is 0 Å². The molecule has 0 fully saturated rings.